The van der Waals surface area contributed by atoms with Gasteiger partial charge in [-0.1, -0.05) is 0 Å². The Bertz CT molecular complexity index is 703. The Morgan fingerprint density at radius 3 is 2.43 bits per heavy atom. The summed E-state index contributed by atoms with van der Waals surface area (Å²) in [4.78, 5) is 14.6. The van der Waals surface area contributed by atoms with E-state index in [0.717, 1.165) is 11.3 Å². The van der Waals surface area contributed by atoms with Crippen molar-refractivity contribution in [1.82, 2.24) is 0 Å². The van der Waals surface area contributed by atoms with Gasteiger partial charge in [0.2, 0.25) is 0 Å². The third-order valence-electron chi connectivity index (χ3n) is 2.32. The summed E-state index contributed by atoms with van der Waals surface area (Å²) in [6.45, 7) is 0. The van der Waals surface area contributed by atoms with Gasteiger partial charge in [-0.3, -0.25) is 4.79 Å². The first-order chi connectivity index (χ1) is 9.89. The molecule has 0 aliphatic heterocycles. The molecule has 1 aromatic carbocycles. The summed E-state index contributed by atoms with van der Waals surface area (Å²) in [5, 5.41) is 2.96. The van der Waals surface area contributed by atoms with Gasteiger partial charge in [0.25, 0.3) is 5.91 Å². The second-order valence-electron chi connectivity index (χ2n) is 3.73. The molecule has 1 aromatic heterocycles. The van der Waals surface area contributed by atoms with Crippen LogP contribution in [0.5, 0.6) is 5.75 Å². The van der Waals surface area contributed by atoms with Gasteiger partial charge in [-0.2, -0.15) is 0 Å². The average Bonchev–Trinajstić information content (AvgIpc) is 2.87. The van der Waals surface area contributed by atoms with Crippen molar-refractivity contribution in [2.24, 2.45) is 5.11 Å². The van der Waals surface area contributed by atoms with Gasteiger partial charge in [0.15, 0.2) is 0 Å². The van der Waals surface area contributed by atoms with Crippen molar-refractivity contribution in [3.63, 3.8) is 0 Å². The molecule has 2 rings (SSSR count). The molecular weight excluding hydrogens is 307 g/mol. The zero-order valence-electron chi connectivity index (χ0n) is 10.2. The average molecular weight is 313 g/mol. The maximum atomic E-state index is 12.0. The van der Waals surface area contributed by atoms with E-state index < -0.39 is 12.3 Å². The quantitative estimate of drug-likeness (QED) is 0.465. The van der Waals surface area contributed by atoms with E-state index in [2.05, 4.69) is 14.8 Å². The fourth-order valence-corrected chi connectivity index (χ4v) is 2.41. The number of alkyl halides is 3. The number of halogens is 3. The standard InChI is InChI=1S/C12H6F3N3O2S/c13-12(14,15)20-8-3-1-7(2-4-8)9-5-6-10(21-9)11(19)17-18-16/h1-6H. The minimum atomic E-state index is -4.74. The topological polar surface area (TPSA) is 75.1 Å². The van der Waals surface area contributed by atoms with Crippen molar-refractivity contribution in [3.8, 4) is 16.2 Å². The van der Waals surface area contributed by atoms with Gasteiger partial charge in [-0.25, -0.2) is 0 Å². The SMILES string of the molecule is [N-]=[N+]=NC(=O)c1ccc(-c2ccc(OC(F)(F)F)cc2)s1. The molecule has 0 spiro atoms. The van der Waals surface area contributed by atoms with Crippen LogP contribution in [0.15, 0.2) is 41.5 Å². The normalized spacial score (nSPS) is 10.8. The van der Waals surface area contributed by atoms with E-state index >= 15 is 0 Å². The number of carbonyl (C=O) groups excluding carboxylic acids is 1. The van der Waals surface area contributed by atoms with Gasteiger partial charge in [-0.05, 0) is 52.6 Å². The number of amides is 1. The molecule has 0 bridgehead atoms. The van der Waals surface area contributed by atoms with Gasteiger partial charge in [0, 0.05) is 9.79 Å². The lowest BCUT2D eigenvalue weighted by Gasteiger charge is -2.08. The monoisotopic (exact) mass is 313 g/mol. The molecule has 5 nitrogen and oxygen atoms in total. The van der Waals surface area contributed by atoms with Crippen molar-refractivity contribution in [3.05, 3.63) is 51.7 Å². The number of rotatable bonds is 3. The summed E-state index contributed by atoms with van der Waals surface area (Å²) in [5.41, 5.74) is 8.80. The molecule has 0 fully saturated rings. The number of nitrogens with zero attached hydrogens (tertiary/aromatic N) is 3. The molecule has 0 aliphatic carbocycles. The van der Waals surface area contributed by atoms with Crippen LogP contribution in [0, 0.1) is 0 Å². The number of hydrogen-bond acceptors (Lipinski definition) is 3. The first-order valence-corrected chi connectivity index (χ1v) is 6.26. The van der Waals surface area contributed by atoms with Crippen LogP contribution in [0.4, 0.5) is 13.2 Å². The Morgan fingerprint density at radius 1 is 1.19 bits per heavy atom. The molecule has 0 atom stereocenters. The molecule has 1 amide bonds. The first-order valence-electron chi connectivity index (χ1n) is 5.44. The highest BCUT2D eigenvalue weighted by molar-refractivity contribution is 7.17. The zero-order chi connectivity index (χ0) is 15.5. The third-order valence-corrected chi connectivity index (χ3v) is 3.45. The lowest BCUT2D eigenvalue weighted by Crippen LogP contribution is -2.16. The molecule has 9 heteroatoms. The highest BCUT2D eigenvalue weighted by Gasteiger charge is 2.30. The Hall–Kier alpha value is -2.51. The molecule has 0 aliphatic rings. The highest BCUT2D eigenvalue weighted by Crippen LogP contribution is 2.31. The Labute approximate surface area is 120 Å². The summed E-state index contributed by atoms with van der Waals surface area (Å²) < 4.78 is 39.9. The molecule has 2 aromatic rings. The van der Waals surface area contributed by atoms with Crippen LogP contribution in [0.25, 0.3) is 20.9 Å². The van der Waals surface area contributed by atoms with Gasteiger partial charge >= 0.3 is 6.36 Å². The van der Waals surface area contributed by atoms with E-state index in [9.17, 15) is 18.0 Å². The predicted octanol–water partition coefficient (Wildman–Crippen LogP) is 4.76. The van der Waals surface area contributed by atoms with Crippen LogP contribution in [-0.4, -0.2) is 12.3 Å². The molecule has 108 valence electrons. The van der Waals surface area contributed by atoms with Gasteiger partial charge < -0.3 is 4.74 Å². The third kappa shape index (κ3) is 3.98. The van der Waals surface area contributed by atoms with Crippen molar-refractivity contribution < 1.29 is 22.7 Å². The first kappa shape index (κ1) is 14.9. The summed E-state index contributed by atoms with van der Waals surface area (Å²) in [7, 11) is 0. The Balaban J connectivity index is 2.19. The predicted molar refractivity (Wildman–Crippen MR) is 69.9 cm³/mol. The molecule has 0 saturated heterocycles. The molecule has 0 N–H and O–H groups in total. The summed E-state index contributed by atoms with van der Waals surface area (Å²) in [5.74, 6) is -1.03. The zero-order valence-corrected chi connectivity index (χ0v) is 11.0. The number of ether oxygens (including phenoxy) is 1. The number of carbonyl (C=O) groups is 1. The largest absolute Gasteiger partial charge is 0.573 e. The van der Waals surface area contributed by atoms with Crippen LogP contribution in [0.2, 0.25) is 0 Å². The molecule has 0 unspecified atom stereocenters. The van der Waals surface area contributed by atoms with E-state index in [1.54, 1.807) is 6.07 Å². The van der Waals surface area contributed by atoms with Crippen LogP contribution < -0.4 is 4.74 Å². The fourth-order valence-electron chi connectivity index (χ4n) is 1.52. The molecular formula is C12H6F3N3O2S. The summed E-state index contributed by atoms with van der Waals surface area (Å²) in [6, 6.07) is 8.33. The maximum absolute atomic E-state index is 12.0. The maximum Gasteiger partial charge on any atom is 0.573 e. The van der Waals surface area contributed by atoms with E-state index in [1.165, 1.54) is 30.3 Å². The number of azide groups is 1. The molecule has 0 radical (unpaired) electrons. The lowest BCUT2D eigenvalue weighted by atomic mass is 10.2. The van der Waals surface area contributed by atoms with Crippen LogP contribution in [0.1, 0.15) is 9.67 Å². The van der Waals surface area contributed by atoms with Crippen molar-refractivity contribution in [1.29, 1.82) is 0 Å². The number of hydrogen-bond donors (Lipinski definition) is 0. The molecule has 21 heavy (non-hydrogen) atoms. The highest BCUT2D eigenvalue weighted by atomic mass is 32.1. The van der Waals surface area contributed by atoms with Gasteiger partial charge in [-0.15, -0.1) is 24.5 Å². The van der Waals surface area contributed by atoms with Crippen molar-refractivity contribution in [2.45, 2.75) is 6.36 Å². The van der Waals surface area contributed by atoms with Crippen LogP contribution in [-0.2, 0) is 0 Å². The molecule has 1 heterocycles. The fraction of sp³-hybridized carbons (Fsp3) is 0.0833. The molecule has 0 saturated carbocycles. The minimum Gasteiger partial charge on any atom is -0.406 e. The van der Waals surface area contributed by atoms with Gasteiger partial charge in [0.05, 0.1) is 4.88 Å². The minimum absolute atomic E-state index is 0.249. The van der Waals surface area contributed by atoms with E-state index in [4.69, 9.17) is 5.53 Å². The van der Waals surface area contributed by atoms with E-state index in [-0.39, 0.29) is 10.6 Å². The van der Waals surface area contributed by atoms with Crippen molar-refractivity contribution in [2.75, 3.05) is 0 Å². The van der Waals surface area contributed by atoms with Crippen LogP contribution in [0.3, 0.4) is 0 Å². The van der Waals surface area contributed by atoms with E-state index in [0.29, 0.717) is 10.4 Å². The Kier molecular flexibility index (Phi) is 4.15. The summed E-state index contributed by atoms with van der Waals surface area (Å²) >= 11 is 1.08. The second kappa shape index (κ2) is 5.86. The number of thiophene rings is 1. The van der Waals surface area contributed by atoms with Gasteiger partial charge in [0.1, 0.15) is 5.75 Å². The van der Waals surface area contributed by atoms with Crippen LogP contribution >= 0.6 is 11.3 Å². The van der Waals surface area contributed by atoms with E-state index in [1.807, 2.05) is 0 Å². The van der Waals surface area contributed by atoms with Crippen molar-refractivity contribution >= 4 is 17.2 Å². The second-order valence-corrected chi connectivity index (χ2v) is 4.81. The smallest absolute Gasteiger partial charge is 0.406 e. The lowest BCUT2D eigenvalue weighted by molar-refractivity contribution is -0.274. The Morgan fingerprint density at radius 2 is 1.86 bits per heavy atom. The summed E-state index contributed by atoms with van der Waals surface area (Å²) in [6.07, 6.45) is -4.74. The number of benzene rings is 1.